The lowest BCUT2D eigenvalue weighted by atomic mass is 10.0. The molecule has 0 spiro atoms. The molecule has 6 heteroatoms. The highest BCUT2D eigenvalue weighted by Gasteiger charge is 2.20. The van der Waals surface area contributed by atoms with Crippen LogP contribution in [0.5, 0.6) is 5.75 Å². The van der Waals surface area contributed by atoms with Crippen LogP contribution in [0.3, 0.4) is 0 Å². The summed E-state index contributed by atoms with van der Waals surface area (Å²) in [5.74, 6) is 2.09. The van der Waals surface area contributed by atoms with Crippen LogP contribution in [0.2, 0.25) is 0 Å². The molecule has 1 aromatic heterocycles. The molecule has 28 heavy (non-hydrogen) atoms. The number of benzene rings is 1. The van der Waals surface area contributed by atoms with E-state index in [1.165, 1.54) is 16.7 Å². The molecule has 0 unspecified atom stereocenters. The van der Waals surface area contributed by atoms with Crippen LogP contribution >= 0.6 is 12.4 Å². The molecule has 0 amide bonds. The highest BCUT2D eigenvalue weighted by molar-refractivity contribution is 5.85. The molecule has 1 aliphatic heterocycles. The molecule has 0 saturated carbocycles. The van der Waals surface area contributed by atoms with Gasteiger partial charge in [0.1, 0.15) is 5.75 Å². The van der Waals surface area contributed by atoms with Crippen LogP contribution in [0.15, 0.2) is 30.5 Å². The van der Waals surface area contributed by atoms with Crippen molar-refractivity contribution in [3.8, 4) is 5.75 Å². The van der Waals surface area contributed by atoms with Crippen LogP contribution in [0.25, 0.3) is 0 Å². The number of rotatable bonds is 7. The summed E-state index contributed by atoms with van der Waals surface area (Å²) in [4.78, 5) is 9.57. The number of halogens is 1. The molecule has 0 atom stereocenters. The zero-order chi connectivity index (χ0) is 19.2. The third-order valence-electron chi connectivity index (χ3n) is 5.15. The molecule has 0 aliphatic carbocycles. The van der Waals surface area contributed by atoms with Gasteiger partial charge in [-0.2, -0.15) is 0 Å². The molecule has 1 N–H and O–H groups in total. The Labute approximate surface area is 175 Å². The van der Waals surface area contributed by atoms with Crippen molar-refractivity contribution in [1.29, 1.82) is 0 Å². The molecule has 3 rings (SSSR count). The highest BCUT2D eigenvalue weighted by Crippen LogP contribution is 2.26. The first-order valence-electron chi connectivity index (χ1n) is 9.92. The van der Waals surface area contributed by atoms with Crippen LogP contribution in [0, 0.1) is 13.8 Å². The lowest BCUT2D eigenvalue weighted by Gasteiger charge is -2.36. The van der Waals surface area contributed by atoms with Crippen molar-refractivity contribution >= 4 is 23.9 Å². The second-order valence-electron chi connectivity index (χ2n) is 7.33. The third-order valence-corrected chi connectivity index (χ3v) is 5.15. The summed E-state index contributed by atoms with van der Waals surface area (Å²) in [7, 11) is 1.75. The van der Waals surface area contributed by atoms with E-state index >= 15 is 0 Å². The van der Waals surface area contributed by atoms with Crippen molar-refractivity contribution in [3.63, 3.8) is 0 Å². The number of piperazine rings is 1. The minimum Gasteiger partial charge on any atom is -0.496 e. The fourth-order valence-corrected chi connectivity index (χ4v) is 3.88. The second-order valence-corrected chi connectivity index (χ2v) is 7.33. The molecule has 0 radical (unpaired) electrons. The van der Waals surface area contributed by atoms with E-state index in [0.29, 0.717) is 0 Å². The molecule has 1 aromatic carbocycles. The van der Waals surface area contributed by atoms with Gasteiger partial charge in [-0.05, 0) is 49.1 Å². The summed E-state index contributed by atoms with van der Waals surface area (Å²) < 4.78 is 5.49. The number of hydrogen-bond acceptors (Lipinski definition) is 5. The number of anilines is 2. The smallest absolute Gasteiger partial charge is 0.152 e. The Morgan fingerprint density at radius 2 is 1.79 bits per heavy atom. The molecule has 0 bridgehead atoms. The predicted molar refractivity (Wildman–Crippen MR) is 120 cm³/mol. The number of ether oxygens (including phenoxy) is 1. The van der Waals surface area contributed by atoms with Gasteiger partial charge in [0.25, 0.3) is 0 Å². The van der Waals surface area contributed by atoms with E-state index in [9.17, 15) is 0 Å². The Bertz CT molecular complexity index is 737. The number of pyridine rings is 1. The number of aromatic nitrogens is 1. The summed E-state index contributed by atoms with van der Waals surface area (Å²) in [6, 6.07) is 8.65. The first kappa shape index (κ1) is 22.3. The van der Waals surface area contributed by atoms with E-state index in [1.807, 2.05) is 12.3 Å². The molecule has 2 heterocycles. The quantitative estimate of drug-likeness (QED) is 0.746. The summed E-state index contributed by atoms with van der Waals surface area (Å²) in [5, 5.41) is 3.50. The van der Waals surface area contributed by atoms with E-state index < -0.39 is 0 Å². The summed E-state index contributed by atoms with van der Waals surface area (Å²) in [5.41, 5.74) is 4.94. The Morgan fingerprint density at radius 3 is 2.39 bits per heavy atom. The molecule has 1 fully saturated rings. The van der Waals surface area contributed by atoms with Crippen LogP contribution in [-0.2, 0) is 6.54 Å². The van der Waals surface area contributed by atoms with Gasteiger partial charge in [-0.1, -0.05) is 19.1 Å². The molecule has 5 nitrogen and oxygen atoms in total. The molecule has 1 aliphatic rings. The van der Waals surface area contributed by atoms with Gasteiger partial charge in [0.2, 0.25) is 0 Å². The summed E-state index contributed by atoms with van der Waals surface area (Å²) >= 11 is 0. The van der Waals surface area contributed by atoms with E-state index in [4.69, 9.17) is 4.74 Å². The van der Waals surface area contributed by atoms with E-state index in [1.54, 1.807) is 7.11 Å². The zero-order valence-corrected chi connectivity index (χ0v) is 18.3. The lowest BCUT2D eigenvalue weighted by molar-refractivity contribution is 0.249. The van der Waals surface area contributed by atoms with Crippen molar-refractivity contribution < 1.29 is 4.74 Å². The Hall–Kier alpha value is -1.98. The van der Waals surface area contributed by atoms with Crippen molar-refractivity contribution in [2.75, 3.05) is 50.1 Å². The number of aryl methyl sites for hydroxylation is 2. The average Bonchev–Trinajstić information content (AvgIpc) is 2.67. The zero-order valence-electron chi connectivity index (χ0n) is 17.5. The maximum absolute atomic E-state index is 5.49. The molecular weight excluding hydrogens is 372 g/mol. The molecule has 1 saturated heterocycles. The van der Waals surface area contributed by atoms with Gasteiger partial charge in [-0.15, -0.1) is 12.4 Å². The van der Waals surface area contributed by atoms with Gasteiger partial charge in [0.05, 0.1) is 12.8 Å². The largest absolute Gasteiger partial charge is 0.496 e. The standard InChI is InChI=1S/C22H32N4O.ClH/c1-5-8-23-20-7-6-9-24-22(20)26-12-10-25(11-13-26)16-19-14-17(2)21(27-4)18(3)15-19;/h6-7,9,14-15,23H,5,8,10-13,16H2,1-4H3;1H. The Morgan fingerprint density at radius 1 is 1.11 bits per heavy atom. The number of hydrogen-bond donors (Lipinski definition) is 1. The predicted octanol–water partition coefficient (Wildman–Crippen LogP) is 4.27. The van der Waals surface area contributed by atoms with Gasteiger partial charge in [-0.3, -0.25) is 4.90 Å². The van der Waals surface area contributed by atoms with Crippen molar-refractivity contribution in [1.82, 2.24) is 9.88 Å². The van der Waals surface area contributed by atoms with Gasteiger partial charge in [0.15, 0.2) is 5.82 Å². The second kappa shape index (κ2) is 10.5. The number of methoxy groups -OCH3 is 1. The highest BCUT2D eigenvalue weighted by atomic mass is 35.5. The Kier molecular flexibility index (Phi) is 8.39. The van der Waals surface area contributed by atoms with E-state index in [0.717, 1.165) is 62.9 Å². The van der Waals surface area contributed by atoms with Crippen LogP contribution in [-0.4, -0.2) is 49.7 Å². The van der Waals surface area contributed by atoms with Crippen LogP contribution in [0.4, 0.5) is 11.5 Å². The maximum Gasteiger partial charge on any atom is 0.152 e. The number of nitrogens with zero attached hydrogens (tertiary/aromatic N) is 3. The fourth-order valence-electron chi connectivity index (χ4n) is 3.88. The van der Waals surface area contributed by atoms with Crippen LogP contribution < -0.4 is 15.0 Å². The SMILES string of the molecule is CCCNc1cccnc1N1CCN(Cc2cc(C)c(OC)c(C)c2)CC1.Cl. The summed E-state index contributed by atoms with van der Waals surface area (Å²) in [6.45, 7) is 12.5. The minimum atomic E-state index is 0. The van der Waals surface area contributed by atoms with Crippen molar-refractivity contribution in [2.24, 2.45) is 0 Å². The first-order valence-corrected chi connectivity index (χ1v) is 9.92. The third kappa shape index (κ3) is 5.30. The maximum atomic E-state index is 5.49. The molecule has 154 valence electrons. The van der Waals surface area contributed by atoms with Crippen LogP contribution in [0.1, 0.15) is 30.0 Å². The van der Waals surface area contributed by atoms with Gasteiger partial charge < -0.3 is 15.0 Å². The first-order chi connectivity index (χ1) is 13.1. The lowest BCUT2D eigenvalue weighted by Crippen LogP contribution is -2.46. The van der Waals surface area contributed by atoms with Crippen molar-refractivity contribution in [3.05, 3.63) is 47.2 Å². The summed E-state index contributed by atoms with van der Waals surface area (Å²) in [6.07, 6.45) is 3.00. The van der Waals surface area contributed by atoms with Gasteiger partial charge in [0, 0.05) is 45.5 Å². The molecule has 2 aromatic rings. The fraction of sp³-hybridized carbons (Fsp3) is 0.500. The van der Waals surface area contributed by atoms with Gasteiger partial charge in [-0.25, -0.2) is 4.98 Å². The monoisotopic (exact) mass is 404 g/mol. The van der Waals surface area contributed by atoms with Gasteiger partial charge >= 0.3 is 0 Å². The Balaban J connectivity index is 0.00000280. The topological polar surface area (TPSA) is 40.6 Å². The van der Waals surface area contributed by atoms with E-state index in [-0.39, 0.29) is 12.4 Å². The number of nitrogens with one attached hydrogen (secondary N) is 1. The van der Waals surface area contributed by atoms with Crippen molar-refractivity contribution in [2.45, 2.75) is 33.7 Å². The normalized spacial score (nSPS) is 14.5. The van der Waals surface area contributed by atoms with E-state index in [2.05, 4.69) is 59.1 Å². The average molecular weight is 405 g/mol. The molecular formula is C22H33ClN4O. The minimum absolute atomic E-state index is 0.